The van der Waals surface area contributed by atoms with Crippen LogP contribution in [-0.2, 0) is 0 Å². The first kappa shape index (κ1) is 12.4. The van der Waals surface area contributed by atoms with Crippen molar-refractivity contribution in [3.63, 3.8) is 0 Å². The Kier molecular flexibility index (Phi) is 3.47. The Morgan fingerprint density at radius 1 is 1.06 bits per heavy atom. The van der Waals surface area contributed by atoms with Gasteiger partial charge in [0.15, 0.2) is 0 Å². The van der Waals surface area contributed by atoms with Crippen molar-refractivity contribution in [3.8, 4) is 0 Å². The molecule has 0 saturated heterocycles. The van der Waals surface area contributed by atoms with Crippen LogP contribution in [0.5, 0.6) is 0 Å². The third-order valence-electron chi connectivity index (χ3n) is 3.25. The molecular formula is C16H17NO. The van der Waals surface area contributed by atoms with Crippen molar-refractivity contribution in [2.24, 2.45) is 5.73 Å². The molecule has 0 radical (unpaired) electrons. The van der Waals surface area contributed by atoms with Crippen molar-refractivity contribution < 1.29 is 4.79 Å². The van der Waals surface area contributed by atoms with Crippen LogP contribution in [0.15, 0.2) is 48.5 Å². The molecule has 2 heteroatoms. The summed E-state index contributed by atoms with van der Waals surface area (Å²) in [5.74, 6) is -0.127. The summed E-state index contributed by atoms with van der Waals surface area (Å²) in [4.78, 5) is 11.2. The predicted octanol–water partition coefficient (Wildman–Crippen LogP) is 3.25. The number of amides is 1. The van der Waals surface area contributed by atoms with E-state index in [9.17, 15) is 4.79 Å². The molecule has 0 aliphatic rings. The minimum atomic E-state index is -0.382. The van der Waals surface area contributed by atoms with Crippen LogP contribution in [-0.4, -0.2) is 5.91 Å². The van der Waals surface area contributed by atoms with Gasteiger partial charge >= 0.3 is 0 Å². The lowest BCUT2D eigenvalue weighted by Crippen LogP contribution is -2.11. The number of nitrogens with two attached hydrogens (primary N) is 1. The Hall–Kier alpha value is -2.09. The first-order valence-electron chi connectivity index (χ1n) is 6.04. The number of carbonyl (C=O) groups excluding carboxylic acids is 1. The molecule has 0 saturated carbocycles. The molecule has 0 spiro atoms. The van der Waals surface area contributed by atoms with E-state index in [0.717, 1.165) is 5.56 Å². The molecule has 18 heavy (non-hydrogen) atoms. The summed E-state index contributed by atoms with van der Waals surface area (Å²) in [5, 5.41) is 0. The zero-order valence-electron chi connectivity index (χ0n) is 10.7. The van der Waals surface area contributed by atoms with Crippen molar-refractivity contribution in [3.05, 3.63) is 70.8 Å². The van der Waals surface area contributed by atoms with Gasteiger partial charge in [-0.3, -0.25) is 4.79 Å². The van der Waals surface area contributed by atoms with Gasteiger partial charge in [-0.1, -0.05) is 48.9 Å². The SMILES string of the molecule is Cc1ccc(C(C)c2cccc(C(N)=O)c2)cc1. The second-order valence-electron chi connectivity index (χ2n) is 4.62. The zero-order valence-corrected chi connectivity index (χ0v) is 10.7. The van der Waals surface area contributed by atoms with E-state index in [-0.39, 0.29) is 11.8 Å². The number of carbonyl (C=O) groups is 1. The van der Waals surface area contributed by atoms with Crippen LogP contribution in [0.25, 0.3) is 0 Å². The highest BCUT2D eigenvalue weighted by Gasteiger charge is 2.10. The van der Waals surface area contributed by atoms with Gasteiger partial charge in [0, 0.05) is 11.5 Å². The highest BCUT2D eigenvalue weighted by Crippen LogP contribution is 2.24. The summed E-state index contributed by atoms with van der Waals surface area (Å²) < 4.78 is 0. The fourth-order valence-electron chi connectivity index (χ4n) is 2.01. The maximum atomic E-state index is 11.2. The molecule has 2 N–H and O–H groups in total. The Bertz CT molecular complexity index is 558. The van der Waals surface area contributed by atoms with Gasteiger partial charge in [0.25, 0.3) is 0 Å². The van der Waals surface area contributed by atoms with Gasteiger partial charge in [0.1, 0.15) is 0 Å². The van der Waals surface area contributed by atoms with Crippen molar-refractivity contribution >= 4 is 5.91 Å². The van der Waals surface area contributed by atoms with E-state index < -0.39 is 0 Å². The number of hydrogen-bond acceptors (Lipinski definition) is 1. The highest BCUT2D eigenvalue weighted by molar-refractivity contribution is 5.92. The molecule has 1 atom stereocenters. The maximum Gasteiger partial charge on any atom is 0.248 e. The Balaban J connectivity index is 2.33. The first-order chi connectivity index (χ1) is 8.58. The minimum absolute atomic E-state index is 0.255. The zero-order chi connectivity index (χ0) is 13.1. The highest BCUT2D eigenvalue weighted by atomic mass is 16.1. The third-order valence-corrected chi connectivity index (χ3v) is 3.25. The fraction of sp³-hybridized carbons (Fsp3) is 0.188. The van der Waals surface area contributed by atoms with E-state index in [1.165, 1.54) is 11.1 Å². The van der Waals surface area contributed by atoms with Crippen LogP contribution in [0.1, 0.15) is 39.9 Å². The van der Waals surface area contributed by atoms with Crippen molar-refractivity contribution in [1.29, 1.82) is 0 Å². The number of primary amides is 1. The van der Waals surface area contributed by atoms with E-state index in [1.807, 2.05) is 18.2 Å². The molecule has 0 aliphatic carbocycles. The van der Waals surface area contributed by atoms with Crippen LogP contribution in [0.3, 0.4) is 0 Å². The Labute approximate surface area is 107 Å². The second-order valence-corrected chi connectivity index (χ2v) is 4.62. The molecule has 0 heterocycles. The van der Waals surface area contributed by atoms with Crippen LogP contribution < -0.4 is 5.73 Å². The Morgan fingerprint density at radius 3 is 2.33 bits per heavy atom. The lowest BCUT2D eigenvalue weighted by atomic mass is 9.91. The summed E-state index contributed by atoms with van der Waals surface area (Å²) in [7, 11) is 0. The molecule has 0 aliphatic heterocycles. The monoisotopic (exact) mass is 239 g/mol. The molecule has 1 unspecified atom stereocenters. The van der Waals surface area contributed by atoms with Crippen molar-refractivity contribution in [2.45, 2.75) is 19.8 Å². The third kappa shape index (κ3) is 2.59. The van der Waals surface area contributed by atoms with Gasteiger partial charge in [-0.15, -0.1) is 0 Å². The number of benzene rings is 2. The van der Waals surface area contributed by atoms with E-state index in [4.69, 9.17) is 5.73 Å². The topological polar surface area (TPSA) is 43.1 Å². The number of aryl methyl sites for hydroxylation is 1. The van der Waals surface area contributed by atoms with Crippen LogP contribution in [0.4, 0.5) is 0 Å². The average molecular weight is 239 g/mol. The molecular weight excluding hydrogens is 222 g/mol. The molecule has 2 rings (SSSR count). The van der Waals surface area contributed by atoms with Gasteiger partial charge in [0.2, 0.25) is 5.91 Å². The van der Waals surface area contributed by atoms with Crippen LogP contribution in [0, 0.1) is 6.92 Å². The second kappa shape index (κ2) is 5.05. The molecule has 1 amide bonds. The van der Waals surface area contributed by atoms with Gasteiger partial charge in [-0.2, -0.15) is 0 Å². The van der Waals surface area contributed by atoms with Gasteiger partial charge < -0.3 is 5.73 Å². The maximum absolute atomic E-state index is 11.2. The molecule has 0 fully saturated rings. The van der Waals surface area contributed by atoms with E-state index in [0.29, 0.717) is 5.56 Å². The summed E-state index contributed by atoms with van der Waals surface area (Å²) >= 11 is 0. The largest absolute Gasteiger partial charge is 0.366 e. The van der Waals surface area contributed by atoms with Crippen molar-refractivity contribution in [2.75, 3.05) is 0 Å². The molecule has 2 aromatic rings. The molecule has 2 nitrogen and oxygen atoms in total. The minimum Gasteiger partial charge on any atom is -0.366 e. The quantitative estimate of drug-likeness (QED) is 0.877. The lowest BCUT2D eigenvalue weighted by Gasteiger charge is -2.13. The van der Waals surface area contributed by atoms with Crippen LogP contribution >= 0.6 is 0 Å². The standard InChI is InChI=1S/C16H17NO/c1-11-6-8-13(9-7-11)12(2)14-4-3-5-15(10-14)16(17)18/h3-10,12H,1-2H3,(H2,17,18). The van der Waals surface area contributed by atoms with Crippen molar-refractivity contribution in [1.82, 2.24) is 0 Å². The Morgan fingerprint density at radius 2 is 1.72 bits per heavy atom. The lowest BCUT2D eigenvalue weighted by molar-refractivity contribution is 0.1000. The van der Waals surface area contributed by atoms with Gasteiger partial charge in [-0.25, -0.2) is 0 Å². The fourth-order valence-corrected chi connectivity index (χ4v) is 2.01. The van der Waals surface area contributed by atoms with Crippen LogP contribution in [0.2, 0.25) is 0 Å². The van der Waals surface area contributed by atoms with E-state index in [2.05, 4.69) is 38.1 Å². The van der Waals surface area contributed by atoms with E-state index >= 15 is 0 Å². The predicted molar refractivity (Wildman–Crippen MR) is 73.7 cm³/mol. The normalized spacial score (nSPS) is 12.1. The first-order valence-corrected chi connectivity index (χ1v) is 6.04. The summed E-state index contributed by atoms with van der Waals surface area (Å²) in [6.07, 6.45) is 0. The molecule has 2 aromatic carbocycles. The summed E-state index contributed by atoms with van der Waals surface area (Å²) in [6, 6.07) is 16.0. The number of rotatable bonds is 3. The molecule has 0 aromatic heterocycles. The molecule has 0 bridgehead atoms. The average Bonchev–Trinajstić information content (AvgIpc) is 2.39. The smallest absolute Gasteiger partial charge is 0.248 e. The van der Waals surface area contributed by atoms with Gasteiger partial charge in [0.05, 0.1) is 0 Å². The molecule has 92 valence electrons. The summed E-state index contributed by atoms with van der Waals surface area (Å²) in [6.45, 7) is 4.20. The summed E-state index contributed by atoms with van der Waals surface area (Å²) in [5.41, 5.74) is 9.46. The van der Waals surface area contributed by atoms with E-state index in [1.54, 1.807) is 6.07 Å². The number of hydrogen-bond donors (Lipinski definition) is 1. The van der Waals surface area contributed by atoms with Gasteiger partial charge in [-0.05, 0) is 30.2 Å².